The van der Waals surface area contributed by atoms with Gasteiger partial charge in [-0.15, -0.1) is 9.24 Å². The van der Waals surface area contributed by atoms with E-state index in [-0.39, 0.29) is 17.9 Å². The van der Waals surface area contributed by atoms with E-state index in [1.807, 2.05) is 25.7 Å². The molecular formula is C21H25N4OP. The number of allylic oxidation sites excluding steroid dienone is 1. The zero-order valence-electron chi connectivity index (χ0n) is 16.0. The number of aromatic nitrogens is 2. The van der Waals surface area contributed by atoms with E-state index in [9.17, 15) is 4.79 Å². The lowest BCUT2D eigenvalue weighted by molar-refractivity contribution is -0.136. The average Bonchev–Trinajstić information content (AvgIpc) is 3.25. The molecule has 1 aliphatic carbocycles. The zero-order valence-corrected chi connectivity index (χ0v) is 17.2. The Morgan fingerprint density at radius 3 is 2.74 bits per heavy atom. The van der Waals surface area contributed by atoms with Gasteiger partial charge < -0.3 is 4.57 Å². The molecule has 0 saturated heterocycles. The van der Waals surface area contributed by atoms with Crippen LogP contribution < -0.4 is 5.30 Å². The van der Waals surface area contributed by atoms with Crippen molar-refractivity contribution >= 4 is 26.7 Å². The van der Waals surface area contributed by atoms with Crippen LogP contribution in [0.5, 0.6) is 0 Å². The molecule has 0 N–H and O–H groups in total. The molecule has 1 aromatic carbocycles. The zero-order chi connectivity index (χ0) is 19.1. The fourth-order valence-electron chi connectivity index (χ4n) is 4.01. The van der Waals surface area contributed by atoms with E-state index in [0.717, 1.165) is 35.9 Å². The van der Waals surface area contributed by atoms with Crippen LogP contribution in [0.15, 0.2) is 47.0 Å². The second-order valence-corrected chi connectivity index (χ2v) is 8.31. The van der Waals surface area contributed by atoms with Gasteiger partial charge in [-0.25, -0.2) is 9.99 Å². The first-order chi connectivity index (χ1) is 12.9. The van der Waals surface area contributed by atoms with Crippen LogP contribution in [0.4, 0.5) is 0 Å². The van der Waals surface area contributed by atoms with Crippen molar-refractivity contribution in [2.75, 3.05) is 0 Å². The van der Waals surface area contributed by atoms with E-state index >= 15 is 0 Å². The topological polar surface area (TPSA) is 50.5 Å². The number of carbonyl (C=O) groups excluding carboxylic acids is 1. The Morgan fingerprint density at radius 1 is 1.26 bits per heavy atom. The van der Waals surface area contributed by atoms with E-state index in [1.54, 1.807) is 5.01 Å². The summed E-state index contributed by atoms with van der Waals surface area (Å²) in [7, 11) is 2.75. The number of amides is 1. The number of hydrogen-bond donors (Lipinski definition) is 0. The van der Waals surface area contributed by atoms with Crippen LogP contribution >= 0.6 is 9.24 Å². The number of hydrazone groups is 1. The highest BCUT2D eigenvalue weighted by molar-refractivity contribution is 7.27. The predicted molar refractivity (Wildman–Crippen MR) is 111 cm³/mol. The number of imidazole rings is 1. The summed E-state index contributed by atoms with van der Waals surface area (Å²) in [6, 6.07) is 6.42. The molecule has 2 heterocycles. The minimum absolute atomic E-state index is 0.00449. The van der Waals surface area contributed by atoms with Crippen LogP contribution in [0.2, 0.25) is 0 Å². The summed E-state index contributed by atoms with van der Waals surface area (Å²) in [5.41, 5.74) is 5.88. The summed E-state index contributed by atoms with van der Waals surface area (Å²) in [5.74, 6) is 0.0614. The fraction of sp³-hybridized carbons (Fsp3) is 0.381. The predicted octanol–water partition coefficient (Wildman–Crippen LogP) is 3.30. The maximum atomic E-state index is 13.1. The number of hydrogen-bond acceptors (Lipinski definition) is 3. The Hall–Kier alpha value is -2.26. The van der Waals surface area contributed by atoms with Gasteiger partial charge in [0, 0.05) is 25.4 Å². The Balaban J connectivity index is 1.50. The molecule has 0 spiro atoms. The maximum absolute atomic E-state index is 13.1. The van der Waals surface area contributed by atoms with E-state index in [2.05, 4.69) is 55.9 Å². The largest absolute Gasteiger partial charge is 0.333 e. The summed E-state index contributed by atoms with van der Waals surface area (Å²) in [4.78, 5) is 17.4. The van der Waals surface area contributed by atoms with E-state index in [0.29, 0.717) is 0 Å². The molecule has 1 aliphatic heterocycles. The van der Waals surface area contributed by atoms with Gasteiger partial charge in [0.15, 0.2) is 0 Å². The van der Waals surface area contributed by atoms with Gasteiger partial charge in [0.25, 0.3) is 5.91 Å². The Kier molecular flexibility index (Phi) is 4.73. The van der Waals surface area contributed by atoms with Crippen LogP contribution in [-0.2, 0) is 11.3 Å². The van der Waals surface area contributed by atoms with Gasteiger partial charge in [0.2, 0.25) is 0 Å². The van der Waals surface area contributed by atoms with E-state index in [1.165, 1.54) is 16.7 Å². The van der Waals surface area contributed by atoms with Crippen molar-refractivity contribution in [2.24, 2.45) is 11.0 Å². The van der Waals surface area contributed by atoms with Gasteiger partial charge in [-0.05, 0) is 49.7 Å². The molecule has 2 aromatic rings. The minimum atomic E-state index is -0.0531. The maximum Gasteiger partial charge on any atom is 0.250 e. The molecular weight excluding hydrogens is 355 g/mol. The average molecular weight is 380 g/mol. The first-order valence-electron chi connectivity index (χ1n) is 9.32. The molecule has 140 valence electrons. The Morgan fingerprint density at radius 2 is 2.07 bits per heavy atom. The molecule has 0 fully saturated rings. The second kappa shape index (κ2) is 7.05. The first kappa shape index (κ1) is 18.1. The van der Waals surface area contributed by atoms with Crippen molar-refractivity contribution in [3.63, 3.8) is 0 Å². The number of aryl methyl sites for hydroxylation is 2. The highest BCUT2D eigenvalue weighted by Gasteiger charge is 2.39. The normalized spacial score (nSPS) is 21.7. The summed E-state index contributed by atoms with van der Waals surface area (Å²) < 4.78 is 2.08. The highest BCUT2D eigenvalue weighted by atomic mass is 31.0. The van der Waals surface area contributed by atoms with Gasteiger partial charge in [-0.2, -0.15) is 5.10 Å². The number of nitrogens with zero attached hydrogens (tertiary/aromatic N) is 4. The van der Waals surface area contributed by atoms with Crippen LogP contribution in [-0.4, -0.2) is 26.7 Å². The van der Waals surface area contributed by atoms with E-state index < -0.39 is 0 Å². The molecule has 27 heavy (non-hydrogen) atoms. The monoisotopic (exact) mass is 380 g/mol. The van der Waals surface area contributed by atoms with Crippen molar-refractivity contribution in [3.05, 3.63) is 58.7 Å². The van der Waals surface area contributed by atoms with Crippen molar-refractivity contribution in [1.29, 1.82) is 0 Å². The molecule has 4 rings (SSSR count). The standard InChI is InChI=1S/C21H25N4OP/c1-13-6-16(8-18(27)7-13)20-4-5-23-25(20)21(26)19-9-17(15(19)3)11-24-10-14(2)22-12-24/h5-8,10,12,19-20H,4,9,11,27H2,1-3H3. The van der Waals surface area contributed by atoms with Gasteiger partial charge in [-0.1, -0.05) is 23.3 Å². The van der Waals surface area contributed by atoms with E-state index in [4.69, 9.17) is 0 Å². The third-order valence-corrected chi connectivity index (χ3v) is 5.86. The van der Waals surface area contributed by atoms with Crippen molar-refractivity contribution in [1.82, 2.24) is 14.6 Å². The minimum Gasteiger partial charge on any atom is -0.333 e. The number of carbonyl (C=O) groups is 1. The SMILES string of the molecule is CC1=C(Cn2cnc(C)c2)CC1C(=O)N1N=CCC1c1cc(C)cc(P)c1. The fourth-order valence-corrected chi connectivity index (χ4v) is 4.47. The van der Waals surface area contributed by atoms with Gasteiger partial charge in [0.05, 0.1) is 24.0 Å². The summed E-state index contributed by atoms with van der Waals surface area (Å²) in [6.07, 6.45) is 7.33. The van der Waals surface area contributed by atoms with Gasteiger partial charge >= 0.3 is 0 Å². The van der Waals surface area contributed by atoms with Crippen LogP contribution in [0.3, 0.4) is 0 Å². The van der Waals surface area contributed by atoms with Crippen molar-refractivity contribution < 1.29 is 4.79 Å². The van der Waals surface area contributed by atoms with Gasteiger partial charge in [-0.3, -0.25) is 4.79 Å². The molecule has 3 unspecified atom stereocenters. The summed E-state index contributed by atoms with van der Waals surface area (Å²) in [5, 5.41) is 7.26. The third kappa shape index (κ3) is 3.49. The molecule has 0 saturated carbocycles. The Labute approximate surface area is 162 Å². The summed E-state index contributed by atoms with van der Waals surface area (Å²) >= 11 is 0. The first-order valence-corrected chi connectivity index (χ1v) is 9.89. The second-order valence-electron chi connectivity index (χ2n) is 7.64. The third-order valence-electron chi connectivity index (χ3n) is 5.53. The van der Waals surface area contributed by atoms with Crippen molar-refractivity contribution in [2.45, 2.75) is 46.2 Å². The van der Waals surface area contributed by atoms with Crippen LogP contribution in [0.1, 0.15) is 42.6 Å². The van der Waals surface area contributed by atoms with Crippen molar-refractivity contribution in [3.8, 4) is 0 Å². The molecule has 3 atom stereocenters. The number of benzene rings is 1. The highest BCUT2D eigenvalue weighted by Crippen LogP contribution is 2.40. The van der Waals surface area contributed by atoms with Gasteiger partial charge in [0.1, 0.15) is 0 Å². The lowest BCUT2D eigenvalue weighted by Crippen LogP contribution is -2.38. The molecule has 0 radical (unpaired) electrons. The van der Waals surface area contributed by atoms with Crippen LogP contribution in [0, 0.1) is 19.8 Å². The molecule has 1 aromatic heterocycles. The number of rotatable bonds is 4. The molecule has 0 bridgehead atoms. The summed E-state index contributed by atoms with van der Waals surface area (Å²) in [6.45, 7) is 6.97. The Bertz CT molecular complexity index is 939. The van der Waals surface area contributed by atoms with Crippen LogP contribution in [0.25, 0.3) is 0 Å². The smallest absolute Gasteiger partial charge is 0.250 e. The molecule has 2 aliphatic rings. The molecule has 5 nitrogen and oxygen atoms in total. The lowest BCUT2D eigenvalue weighted by Gasteiger charge is -2.34. The molecule has 1 amide bonds. The quantitative estimate of drug-likeness (QED) is 0.604. The lowest BCUT2D eigenvalue weighted by atomic mass is 9.77. The molecule has 6 heteroatoms.